The highest BCUT2D eigenvalue weighted by atomic mass is 32.2. The summed E-state index contributed by atoms with van der Waals surface area (Å²) in [7, 11) is -7.13. The number of sulfone groups is 1. The van der Waals surface area contributed by atoms with E-state index >= 15 is 0 Å². The van der Waals surface area contributed by atoms with Crippen molar-refractivity contribution in [3.05, 3.63) is 23.8 Å². The summed E-state index contributed by atoms with van der Waals surface area (Å²) in [4.78, 5) is -0.196. The molecule has 20 heavy (non-hydrogen) atoms. The molecule has 0 spiro atoms. The Morgan fingerprint density at radius 2 is 2.10 bits per heavy atom. The number of nitrogens with two attached hydrogens (primary N) is 1. The molecule has 1 aliphatic heterocycles. The van der Waals surface area contributed by atoms with Crippen LogP contribution in [-0.2, 0) is 19.9 Å². The zero-order chi connectivity index (χ0) is 15.0. The van der Waals surface area contributed by atoms with E-state index in [0.29, 0.717) is 0 Å². The number of benzene rings is 1. The van der Waals surface area contributed by atoms with Crippen LogP contribution in [0.5, 0.6) is 0 Å². The van der Waals surface area contributed by atoms with E-state index in [-0.39, 0.29) is 34.1 Å². The lowest BCUT2D eigenvalue weighted by molar-refractivity contribution is 0.562. The van der Waals surface area contributed by atoms with Crippen LogP contribution in [0.1, 0.15) is 12.0 Å². The number of anilines is 1. The highest BCUT2D eigenvalue weighted by Gasteiger charge is 2.32. The van der Waals surface area contributed by atoms with Crippen molar-refractivity contribution >= 4 is 25.5 Å². The lowest BCUT2D eigenvalue weighted by Crippen LogP contribution is -2.35. The van der Waals surface area contributed by atoms with Crippen molar-refractivity contribution in [1.29, 1.82) is 5.26 Å². The maximum atomic E-state index is 12.2. The summed E-state index contributed by atoms with van der Waals surface area (Å²) in [6.07, 6.45) is 0.235. The Bertz CT molecular complexity index is 778. The van der Waals surface area contributed by atoms with E-state index in [9.17, 15) is 16.8 Å². The molecular weight excluding hydrogens is 302 g/mol. The molecule has 0 aromatic heterocycles. The number of sulfonamides is 1. The average Bonchev–Trinajstić information content (AvgIpc) is 2.67. The maximum Gasteiger partial charge on any atom is 0.242 e. The van der Waals surface area contributed by atoms with E-state index in [4.69, 9.17) is 11.0 Å². The third kappa shape index (κ3) is 3.09. The smallest absolute Gasteiger partial charge is 0.242 e. The molecule has 108 valence electrons. The van der Waals surface area contributed by atoms with E-state index in [0.717, 1.165) is 0 Å². The van der Waals surface area contributed by atoms with Gasteiger partial charge >= 0.3 is 0 Å². The Morgan fingerprint density at radius 3 is 2.65 bits per heavy atom. The minimum Gasteiger partial charge on any atom is -0.399 e. The van der Waals surface area contributed by atoms with Crippen molar-refractivity contribution in [3.8, 4) is 6.07 Å². The highest BCUT2D eigenvalue weighted by molar-refractivity contribution is 7.92. The maximum absolute atomic E-state index is 12.2. The lowest BCUT2D eigenvalue weighted by Gasteiger charge is -2.12. The van der Waals surface area contributed by atoms with Gasteiger partial charge in [0.2, 0.25) is 10.0 Å². The first-order valence-electron chi connectivity index (χ1n) is 5.76. The Hall–Kier alpha value is -1.63. The van der Waals surface area contributed by atoms with Crippen LogP contribution in [0.3, 0.4) is 0 Å². The molecule has 7 nitrogen and oxygen atoms in total. The number of nitriles is 1. The van der Waals surface area contributed by atoms with Crippen molar-refractivity contribution in [2.45, 2.75) is 17.4 Å². The third-order valence-electron chi connectivity index (χ3n) is 2.97. The second kappa shape index (κ2) is 5.05. The number of nitrogens with zero attached hydrogens (tertiary/aromatic N) is 1. The largest absolute Gasteiger partial charge is 0.399 e. The molecule has 0 saturated carbocycles. The van der Waals surface area contributed by atoms with Gasteiger partial charge in [-0.2, -0.15) is 5.26 Å². The summed E-state index contributed by atoms with van der Waals surface area (Å²) < 4.78 is 49.4. The predicted octanol–water partition coefficient (Wildman–Crippen LogP) is -0.394. The van der Waals surface area contributed by atoms with Gasteiger partial charge in [0.15, 0.2) is 9.84 Å². The van der Waals surface area contributed by atoms with E-state index < -0.39 is 25.9 Å². The molecule has 1 unspecified atom stereocenters. The predicted molar refractivity (Wildman–Crippen MR) is 72.9 cm³/mol. The van der Waals surface area contributed by atoms with Gasteiger partial charge in [-0.1, -0.05) is 0 Å². The van der Waals surface area contributed by atoms with Crippen LogP contribution in [0.25, 0.3) is 0 Å². The highest BCUT2D eigenvalue weighted by Crippen LogP contribution is 2.20. The van der Waals surface area contributed by atoms with Gasteiger partial charge < -0.3 is 5.73 Å². The van der Waals surface area contributed by atoms with Crippen LogP contribution in [0, 0.1) is 11.3 Å². The van der Waals surface area contributed by atoms with Gasteiger partial charge in [-0.05, 0) is 24.6 Å². The summed E-state index contributed by atoms with van der Waals surface area (Å²) in [6, 6.07) is 4.98. The normalized spacial score (nSPS) is 21.4. The van der Waals surface area contributed by atoms with Crippen molar-refractivity contribution in [3.63, 3.8) is 0 Å². The Labute approximate surface area is 117 Å². The molecule has 1 heterocycles. The lowest BCUT2D eigenvalue weighted by atomic mass is 10.2. The van der Waals surface area contributed by atoms with E-state index in [1.54, 1.807) is 6.07 Å². The monoisotopic (exact) mass is 315 g/mol. The molecule has 1 fully saturated rings. The fraction of sp³-hybridized carbons (Fsp3) is 0.364. The minimum absolute atomic E-state index is 0.0347. The molecule has 0 aliphatic carbocycles. The first kappa shape index (κ1) is 14.8. The van der Waals surface area contributed by atoms with Crippen molar-refractivity contribution in [2.24, 2.45) is 0 Å². The Morgan fingerprint density at radius 1 is 1.40 bits per heavy atom. The van der Waals surface area contributed by atoms with Crippen LogP contribution in [0.2, 0.25) is 0 Å². The number of nitrogen functional groups attached to an aromatic ring is 1. The standard InChI is InChI=1S/C11H13N3O4S2/c12-6-8-5-9(13)1-2-11(8)20(17,18)14-10-3-4-19(15,16)7-10/h1-2,5,10,14H,3-4,7,13H2. The molecule has 0 radical (unpaired) electrons. The van der Waals surface area contributed by atoms with Crippen LogP contribution in [0.15, 0.2) is 23.1 Å². The molecule has 2 rings (SSSR count). The molecule has 3 N–H and O–H groups in total. The molecule has 0 bridgehead atoms. The summed E-state index contributed by atoms with van der Waals surface area (Å²) >= 11 is 0. The van der Waals surface area contributed by atoms with Crippen molar-refractivity contribution < 1.29 is 16.8 Å². The van der Waals surface area contributed by atoms with Gasteiger partial charge in [0, 0.05) is 11.7 Å². The van der Waals surface area contributed by atoms with Gasteiger partial charge in [-0.3, -0.25) is 0 Å². The second-order valence-corrected chi connectivity index (χ2v) is 8.50. The Balaban J connectivity index is 2.30. The molecule has 1 aromatic carbocycles. The van der Waals surface area contributed by atoms with Gasteiger partial charge in [0.1, 0.15) is 6.07 Å². The Kier molecular flexibility index (Phi) is 3.73. The number of rotatable bonds is 3. The van der Waals surface area contributed by atoms with E-state index in [1.165, 1.54) is 18.2 Å². The van der Waals surface area contributed by atoms with Crippen LogP contribution in [0.4, 0.5) is 5.69 Å². The minimum atomic E-state index is -3.95. The zero-order valence-corrected chi connectivity index (χ0v) is 12.0. The number of hydrogen-bond acceptors (Lipinski definition) is 6. The molecule has 0 amide bonds. The SMILES string of the molecule is N#Cc1cc(N)ccc1S(=O)(=O)NC1CCS(=O)(=O)C1. The van der Waals surface area contributed by atoms with Crippen LogP contribution in [-0.4, -0.2) is 34.4 Å². The van der Waals surface area contributed by atoms with E-state index in [2.05, 4.69) is 4.72 Å². The molecular formula is C11H13N3O4S2. The van der Waals surface area contributed by atoms with Crippen molar-refractivity contribution in [2.75, 3.05) is 17.2 Å². The van der Waals surface area contributed by atoms with Gasteiger partial charge in [-0.15, -0.1) is 0 Å². The zero-order valence-electron chi connectivity index (χ0n) is 10.4. The summed E-state index contributed by atoms with van der Waals surface area (Å²) in [6.45, 7) is 0. The average molecular weight is 315 g/mol. The van der Waals surface area contributed by atoms with E-state index in [1.807, 2.05) is 0 Å². The fourth-order valence-corrected chi connectivity index (χ4v) is 5.23. The molecule has 9 heteroatoms. The van der Waals surface area contributed by atoms with Crippen LogP contribution < -0.4 is 10.5 Å². The molecule has 1 atom stereocenters. The first-order valence-corrected chi connectivity index (χ1v) is 9.06. The number of nitrogens with one attached hydrogen (secondary N) is 1. The quantitative estimate of drug-likeness (QED) is 0.730. The fourth-order valence-electron chi connectivity index (χ4n) is 2.04. The molecule has 1 aliphatic rings. The summed E-state index contributed by atoms with van der Waals surface area (Å²) in [5.41, 5.74) is 5.71. The molecule has 1 saturated heterocycles. The van der Waals surface area contributed by atoms with Gasteiger partial charge in [0.25, 0.3) is 0 Å². The number of hydrogen-bond donors (Lipinski definition) is 2. The summed E-state index contributed by atoms with van der Waals surface area (Å²) in [5, 5.41) is 8.96. The topological polar surface area (TPSA) is 130 Å². The molecule has 1 aromatic rings. The second-order valence-electron chi connectivity index (χ2n) is 4.59. The van der Waals surface area contributed by atoms with Gasteiger partial charge in [0.05, 0.1) is 22.0 Å². The first-order chi connectivity index (χ1) is 9.23. The van der Waals surface area contributed by atoms with Gasteiger partial charge in [-0.25, -0.2) is 21.6 Å². The van der Waals surface area contributed by atoms with Crippen LogP contribution >= 0.6 is 0 Å². The third-order valence-corrected chi connectivity index (χ3v) is 6.31. The summed E-state index contributed by atoms with van der Waals surface area (Å²) in [5.74, 6) is -0.254. The van der Waals surface area contributed by atoms with Crippen molar-refractivity contribution in [1.82, 2.24) is 4.72 Å².